The summed E-state index contributed by atoms with van der Waals surface area (Å²) in [6, 6.07) is 8.56. The van der Waals surface area contributed by atoms with Crippen LogP contribution in [0.15, 0.2) is 36.4 Å². The molecule has 0 saturated carbocycles. The van der Waals surface area contributed by atoms with Crippen LogP contribution in [0.3, 0.4) is 0 Å². The van der Waals surface area contributed by atoms with E-state index in [1.54, 1.807) is 36.4 Å². The molecule has 8 nitrogen and oxygen atoms in total. The number of hydrogen-bond donors (Lipinski definition) is 2. The molecule has 0 radical (unpaired) electrons. The number of nitro groups is 1. The van der Waals surface area contributed by atoms with Gasteiger partial charge in [-0.3, -0.25) is 20.2 Å². The predicted octanol–water partition coefficient (Wildman–Crippen LogP) is 2.93. The molecule has 4 atom stereocenters. The summed E-state index contributed by atoms with van der Waals surface area (Å²) in [4.78, 5) is 25.1. The van der Waals surface area contributed by atoms with Crippen molar-refractivity contribution in [2.24, 2.45) is 0 Å². The first-order chi connectivity index (χ1) is 14.8. The lowest BCUT2D eigenvalue weighted by Gasteiger charge is -2.25. The Bertz CT molecular complexity index is 1110. The van der Waals surface area contributed by atoms with Crippen LogP contribution in [0.1, 0.15) is 24.0 Å². The molecule has 1 spiro atoms. The van der Waals surface area contributed by atoms with Crippen molar-refractivity contribution in [1.29, 1.82) is 0 Å². The number of carbonyl (C=O) groups is 1. The standard InChI is InChI=1S/C22H20ClN3O5/c1-4-9-31-19-15(23)10-13(11-17(19)30-3)18-12(2)25-22(20(18)26(28)29)14-7-5-6-8-16(14)24-21(22)27/h1,5-8,10-12,18,20,25H,9H2,2-3H3,(H,24,27)/t12-,18-,20+,22-/m0/s1. The third kappa shape index (κ3) is 3.09. The fourth-order valence-electron chi connectivity index (χ4n) is 4.74. The van der Waals surface area contributed by atoms with Crippen LogP contribution in [0, 0.1) is 22.5 Å². The molecular weight excluding hydrogens is 422 g/mol. The molecule has 0 bridgehead atoms. The number of nitrogens with one attached hydrogen (secondary N) is 2. The molecule has 1 saturated heterocycles. The fraction of sp³-hybridized carbons (Fsp3) is 0.318. The van der Waals surface area contributed by atoms with Crippen molar-refractivity contribution in [2.75, 3.05) is 19.0 Å². The van der Waals surface area contributed by atoms with Crippen molar-refractivity contribution in [2.45, 2.75) is 30.5 Å². The molecule has 1 amide bonds. The molecule has 2 N–H and O–H groups in total. The summed E-state index contributed by atoms with van der Waals surface area (Å²) >= 11 is 6.42. The largest absolute Gasteiger partial charge is 0.493 e. The number of para-hydroxylation sites is 1. The van der Waals surface area contributed by atoms with Gasteiger partial charge in [0.15, 0.2) is 17.0 Å². The lowest BCUT2D eigenvalue weighted by atomic mass is 9.78. The SMILES string of the molecule is C#CCOc1c(Cl)cc([C@@H]2[C@H](C)N[C@]3(C(=O)Nc4ccccc43)[C@@H]2[N+](=O)[O-])cc1OC. The molecule has 0 aliphatic carbocycles. The number of benzene rings is 2. The van der Waals surface area contributed by atoms with Crippen LogP contribution < -0.4 is 20.1 Å². The number of carbonyl (C=O) groups excluding carboxylic acids is 1. The smallest absolute Gasteiger partial charge is 0.256 e. The highest BCUT2D eigenvalue weighted by Crippen LogP contribution is 2.51. The van der Waals surface area contributed by atoms with Gasteiger partial charge in [-0.1, -0.05) is 35.7 Å². The summed E-state index contributed by atoms with van der Waals surface area (Å²) in [5.41, 5.74) is 0.185. The predicted molar refractivity (Wildman–Crippen MR) is 115 cm³/mol. The Hall–Kier alpha value is -3.28. The van der Waals surface area contributed by atoms with Gasteiger partial charge >= 0.3 is 0 Å². The number of nitrogens with zero attached hydrogens (tertiary/aromatic N) is 1. The van der Waals surface area contributed by atoms with E-state index in [0.717, 1.165) is 0 Å². The van der Waals surface area contributed by atoms with E-state index in [1.165, 1.54) is 7.11 Å². The minimum atomic E-state index is -1.50. The number of methoxy groups -OCH3 is 1. The second kappa shape index (κ2) is 7.76. The number of rotatable bonds is 5. The van der Waals surface area contributed by atoms with Crippen molar-refractivity contribution in [3.05, 3.63) is 62.7 Å². The average molecular weight is 442 g/mol. The van der Waals surface area contributed by atoms with E-state index in [1.807, 2.05) is 6.92 Å². The first-order valence-corrected chi connectivity index (χ1v) is 9.98. The Kier molecular flexibility index (Phi) is 5.25. The summed E-state index contributed by atoms with van der Waals surface area (Å²) < 4.78 is 10.9. The molecule has 31 heavy (non-hydrogen) atoms. The van der Waals surface area contributed by atoms with Crippen LogP contribution in [0.2, 0.25) is 5.02 Å². The van der Waals surface area contributed by atoms with E-state index in [4.69, 9.17) is 27.5 Å². The number of anilines is 1. The second-order valence-corrected chi connectivity index (χ2v) is 7.93. The number of terminal acetylenes is 1. The van der Waals surface area contributed by atoms with Gasteiger partial charge in [0.2, 0.25) is 0 Å². The fourth-order valence-corrected chi connectivity index (χ4v) is 5.01. The number of ether oxygens (including phenoxy) is 2. The van der Waals surface area contributed by atoms with E-state index >= 15 is 0 Å². The third-order valence-electron chi connectivity index (χ3n) is 5.90. The Morgan fingerprint density at radius 3 is 2.77 bits per heavy atom. The molecule has 1 fully saturated rings. The van der Waals surface area contributed by atoms with Gasteiger partial charge in [-0.05, 0) is 30.7 Å². The van der Waals surface area contributed by atoms with Crippen molar-refractivity contribution < 1.29 is 19.2 Å². The van der Waals surface area contributed by atoms with Crippen LogP contribution >= 0.6 is 11.6 Å². The maximum absolute atomic E-state index is 13.1. The number of hydrogen-bond acceptors (Lipinski definition) is 6. The Balaban J connectivity index is 1.85. The second-order valence-electron chi connectivity index (χ2n) is 7.52. The lowest BCUT2D eigenvalue weighted by Crippen LogP contribution is -2.54. The molecule has 4 rings (SSSR count). The maximum atomic E-state index is 13.1. The van der Waals surface area contributed by atoms with Crippen LogP contribution in [-0.4, -0.2) is 36.6 Å². The normalized spacial score (nSPS) is 26.3. The van der Waals surface area contributed by atoms with E-state index in [2.05, 4.69) is 16.6 Å². The Morgan fingerprint density at radius 2 is 2.10 bits per heavy atom. The Morgan fingerprint density at radius 1 is 1.35 bits per heavy atom. The summed E-state index contributed by atoms with van der Waals surface area (Å²) in [7, 11) is 1.45. The zero-order chi connectivity index (χ0) is 22.3. The molecule has 0 aromatic heterocycles. The van der Waals surface area contributed by atoms with Crippen LogP contribution in [-0.2, 0) is 10.3 Å². The highest BCUT2D eigenvalue weighted by atomic mass is 35.5. The van der Waals surface area contributed by atoms with Crippen LogP contribution in [0.5, 0.6) is 11.5 Å². The van der Waals surface area contributed by atoms with Gasteiger partial charge in [0.1, 0.15) is 6.61 Å². The van der Waals surface area contributed by atoms with Gasteiger partial charge in [0, 0.05) is 22.2 Å². The highest BCUT2D eigenvalue weighted by Gasteiger charge is 2.67. The molecular formula is C22H20ClN3O5. The summed E-state index contributed by atoms with van der Waals surface area (Å²) in [6.07, 6.45) is 5.26. The molecule has 2 aromatic carbocycles. The monoisotopic (exact) mass is 441 g/mol. The van der Waals surface area contributed by atoms with E-state index < -0.39 is 34.4 Å². The number of amides is 1. The van der Waals surface area contributed by atoms with E-state index in [0.29, 0.717) is 22.6 Å². The maximum Gasteiger partial charge on any atom is 0.256 e. The van der Waals surface area contributed by atoms with Gasteiger partial charge in [-0.25, -0.2) is 0 Å². The molecule has 2 aromatic rings. The lowest BCUT2D eigenvalue weighted by molar-refractivity contribution is -0.532. The van der Waals surface area contributed by atoms with E-state index in [9.17, 15) is 14.9 Å². The first-order valence-electron chi connectivity index (χ1n) is 9.61. The summed E-state index contributed by atoms with van der Waals surface area (Å²) in [6.45, 7) is 1.81. The third-order valence-corrected chi connectivity index (χ3v) is 6.18. The quantitative estimate of drug-likeness (QED) is 0.420. The van der Waals surface area contributed by atoms with Crippen molar-refractivity contribution in [3.63, 3.8) is 0 Å². The molecule has 9 heteroatoms. The zero-order valence-electron chi connectivity index (χ0n) is 16.8. The number of halogens is 1. The van der Waals surface area contributed by atoms with E-state index in [-0.39, 0.29) is 17.4 Å². The molecule has 2 heterocycles. The van der Waals surface area contributed by atoms with Gasteiger partial charge in [-0.2, -0.15) is 0 Å². The molecule has 2 aliphatic rings. The van der Waals surface area contributed by atoms with Gasteiger partial charge in [0.05, 0.1) is 18.1 Å². The average Bonchev–Trinajstić information content (AvgIpc) is 3.21. The molecule has 2 aliphatic heterocycles. The van der Waals surface area contributed by atoms with Crippen molar-refractivity contribution >= 4 is 23.2 Å². The van der Waals surface area contributed by atoms with Gasteiger partial charge in [0.25, 0.3) is 11.9 Å². The van der Waals surface area contributed by atoms with Gasteiger partial charge < -0.3 is 14.8 Å². The van der Waals surface area contributed by atoms with Crippen LogP contribution in [0.4, 0.5) is 5.69 Å². The topological polar surface area (TPSA) is 103 Å². The molecule has 160 valence electrons. The summed E-state index contributed by atoms with van der Waals surface area (Å²) in [5, 5.41) is 18.6. The number of fused-ring (bicyclic) bond motifs is 2. The van der Waals surface area contributed by atoms with Crippen molar-refractivity contribution in [3.8, 4) is 23.8 Å². The van der Waals surface area contributed by atoms with Crippen LogP contribution in [0.25, 0.3) is 0 Å². The first kappa shape index (κ1) is 21.0. The minimum absolute atomic E-state index is 0.00555. The Labute approximate surface area is 184 Å². The minimum Gasteiger partial charge on any atom is -0.493 e. The highest BCUT2D eigenvalue weighted by molar-refractivity contribution is 6.32. The zero-order valence-corrected chi connectivity index (χ0v) is 17.6. The van der Waals surface area contributed by atoms with Gasteiger partial charge in [-0.15, -0.1) is 6.42 Å². The van der Waals surface area contributed by atoms with Crippen molar-refractivity contribution in [1.82, 2.24) is 5.32 Å². The molecule has 0 unspecified atom stereocenters. The summed E-state index contributed by atoms with van der Waals surface area (Å²) in [5.74, 6) is 1.82.